The van der Waals surface area contributed by atoms with Crippen molar-refractivity contribution in [3.8, 4) is 0 Å². The van der Waals surface area contributed by atoms with Crippen molar-refractivity contribution in [3.63, 3.8) is 0 Å². The van der Waals surface area contributed by atoms with Crippen LogP contribution >= 0.6 is 11.8 Å². The highest BCUT2D eigenvalue weighted by molar-refractivity contribution is 7.99. The monoisotopic (exact) mass is 497 g/mol. The zero-order valence-corrected chi connectivity index (χ0v) is 20.6. The number of carbonyl (C=O) groups is 4. The summed E-state index contributed by atoms with van der Waals surface area (Å²) in [6.07, 6.45) is 1.12. The van der Waals surface area contributed by atoms with Crippen LogP contribution < -0.4 is 10.6 Å². The molecule has 6 atom stereocenters. The topological polar surface area (TPSA) is 184 Å². The molecule has 12 nitrogen and oxygen atoms in total. The first kappa shape index (κ1) is 25.8. The van der Waals surface area contributed by atoms with Gasteiger partial charge in [-0.2, -0.15) is 5.10 Å². The minimum absolute atomic E-state index is 0.241. The number of hydrogen-bond acceptors (Lipinski definition) is 8. The van der Waals surface area contributed by atoms with Crippen LogP contribution in [0.1, 0.15) is 47.5 Å². The van der Waals surface area contributed by atoms with Crippen LogP contribution in [0.2, 0.25) is 0 Å². The molecule has 2 aliphatic rings. The average Bonchev–Trinajstić information content (AvgIpc) is 3.02. The number of carboxylic acids is 2. The number of alkyl carbamates (subject to hydrolysis) is 1. The van der Waals surface area contributed by atoms with Gasteiger partial charge in [-0.3, -0.25) is 14.7 Å². The van der Waals surface area contributed by atoms with E-state index >= 15 is 0 Å². The first-order valence-corrected chi connectivity index (χ1v) is 12.0. The van der Waals surface area contributed by atoms with Crippen molar-refractivity contribution in [2.24, 2.45) is 23.2 Å². The number of hydrogen-bond donors (Lipinski definition) is 5. The molecule has 0 aliphatic heterocycles. The van der Waals surface area contributed by atoms with E-state index < -0.39 is 70.0 Å². The molecule has 2 aliphatic carbocycles. The van der Waals surface area contributed by atoms with Crippen molar-refractivity contribution in [2.75, 3.05) is 6.54 Å². The van der Waals surface area contributed by atoms with E-state index in [9.17, 15) is 29.4 Å². The first-order valence-electron chi connectivity index (χ1n) is 11.1. The van der Waals surface area contributed by atoms with Crippen LogP contribution in [0, 0.1) is 23.2 Å². The fraction of sp³-hybridized carbons (Fsp3) is 0.714. The Hall–Kier alpha value is -2.83. The first-order chi connectivity index (χ1) is 15.9. The molecule has 0 radical (unpaired) electrons. The summed E-state index contributed by atoms with van der Waals surface area (Å²) in [5.74, 6) is -5.16. The third-order valence-corrected chi connectivity index (χ3v) is 8.15. The van der Waals surface area contributed by atoms with Crippen LogP contribution in [0.4, 0.5) is 4.79 Å². The van der Waals surface area contributed by atoms with Gasteiger partial charge in [-0.25, -0.2) is 14.6 Å². The summed E-state index contributed by atoms with van der Waals surface area (Å²) in [6.45, 7) is 8.06. The number of ether oxygens (including phenoxy) is 1. The molecule has 2 amide bonds. The minimum atomic E-state index is -1.84. The van der Waals surface area contributed by atoms with Crippen LogP contribution in [0.3, 0.4) is 0 Å². The fourth-order valence-corrected chi connectivity index (χ4v) is 7.41. The largest absolute Gasteiger partial charge is 0.481 e. The highest BCUT2D eigenvalue weighted by atomic mass is 32.2. The molecular weight excluding hydrogens is 466 g/mol. The summed E-state index contributed by atoms with van der Waals surface area (Å²) >= 11 is 1.25. The second kappa shape index (κ2) is 9.08. The second-order valence-corrected chi connectivity index (χ2v) is 10.8. The van der Waals surface area contributed by atoms with E-state index in [0.29, 0.717) is 11.6 Å². The molecule has 0 spiro atoms. The Bertz CT molecular complexity index is 965. The molecule has 1 heterocycles. The lowest BCUT2D eigenvalue weighted by Crippen LogP contribution is -2.66. The normalized spacial score (nSPS) is 31.9. The van der Waals surface area contributed by atoms with Gasteiger partial charge in [-0.1, -0.05) is 25.6 Å². The van der Waals surface area contributed by atoms with Gasteiger partial charge in [0.1, 0.15) is 24.0 Å². The minimum Gasteiger partial charge on any atom is -0.481 e. The summed E-state index contributed by atoms with van der Waals surface area (Å²) in [5.41, 5.74) is -3.80. The van der Waals surface area contributed by atoms with Gasteiger partial charge in [-0.15, -0.1) is 0 Å². The number of fused-ring (bicyclic) bond motifs is 1. The molecule has 188 valence electrons. The maximum Gasteiger partial charge on any atom is 0.408 e. The summed E-state index contributed by atoms with van der Waals surface area (Å²) in [7, 11) is 0. The number of aromatic nitrogens is 3. The lowest BCUT2D eigenvalue weighted by atomic mass is 9.70. The summed E-state index contributed by atoms with van der Waals surface area (Å²) in [4.78, 5) is 54.1. The van der Waals surface area contributed by atoms with Gasteiger partial charge in [0.2, 0.25) is 5.91 Å². The second-order valence-electron chi connectivity index (χ2n) is 9.64. The van der Waals surface area contributed by atoms with Crippen LogP contribution in [0.25, 0.3) is 0 Å². The molecule has 1 aromatic heterocycles. The number of aliphatic carboxylic acids is 2. The van der Waals surface area contributed by atoms with Gasteiger partial charge in [0.05, 0.1) is 5.92 Å². The Morgan fingerprint density at radius 3 is 2.38 bits per heavy atom. The Morgan fingerprint density at radius 1 is 1.24 bits per heavy atom. The number of nitrogens with zero attached hydrogens (tertiary/aromatic N) is 2. The van der Waals surface area contributed by atoms with Crippen LogP contribution in [-0.4, -0.2) is 72.3 Å². The fourth-order valence-electron chi connectivity index (χ4n) is 5.84. The van der Waals surface area contributed by atoms with Gasteiger partial charge in [0, 0.05) is 16.6 Å². The molecule has 13 heteroatoms. The van der Waals surface area contributed by atoms with Gasteiger partial charge in [0.25, 0.3) is 0 Å². The SMILES string of the molecule is CCC1[C@H](Sc2ncn[nH]2)[C@@H]2[C@@H](C(=O)O)[C@@]2(CC)[C@]1(NC(=O)CNC(=O)OC(C)(C)C)C(=O)O. The van der Waals surface area contributed by atoms with Crippen molar-refractivity contribution in [2.45, 2.75) is 69.0 Å². The number of carboxylic acid groups (broad SMARTS) is 2. The number of H-pyrrole nitrogens is 1. The molecule has 2 fully saturated rings. The smallest absolute Gasteiger partial charge is 0.408 e. The van der Waals surface area contributed by atoms with E-state index in [0.717, 1.165) is 0 Å². The van der Waals surface area contributed by atoms with E-state index in [-0.39, 0.29) is 6.42 Å². The van der Waals surface area contributed by atoms with E-state index in [1.54, 1.807) is 27.7 Å². The van der Waals surface area contributed by atoms with Crippen LogP contribution in [0.15, 0.2) is 11.5 Å². The molecule has 1 unspecified atom stereocenters. The molecule has 2 saturated carbocycles. The Morgan fingerprint density at radius 2 is 1.91 bits per heavy atom. The van der Waals surface area contributed by atoms with E-state index in [4.69, 9.17) is 4.74 Å². The number of nitrogens with one attached hydrogen (secondary N) is 3. The molecule has 5 N–H and O–H groups in total. The standard InChI is InChI=1S/C21H31N5O7S/c1-6-10-14(34-17-23-9-24-26-17)12-13(15(28)29)20(12,7-2)21(10,16(30)31)25-11(27)8-22-18(32)33-19(3,4)5/h9-10,12-14H,6-8H2,1-5H3,(H,22,32)(H,25,27)(H,28,29)(H,30,31)(H,23,24,26)/t10?,12-,13-,14-,20-,21+/m0/s1. The predicted octanol–water partition coefficient (Wildman–Crippen LogP) is 1.50. The van der Waals surface area contributed by atoms with E-state index in [1.165, 1.54) is 18.1 Å². The number of rotatable bonds is 9. The van der Waals surface area contributed by atoms with Crippen molar-refractivity contribution >= 4 is 35.7 Å². The highest BCUT2D eigenvalue weighted by Crippen LogP contribution is 2.78. The Kier molecular flexibility index (Phi) is 6.89. The number of thioether (sulfide) groups is 1. The van der Waals surface area contributed by atoms with Crippen molar-refractivity contribution in [1.82, 2.24) is 25.8 Å². The van der Waals surface area contributed by atoms with Gasteiger partial charge in [0.15, 0.2) is 5.16 Å². The molecule has 34 heavy (non-hydrogen) atoms. The summed E-state index contributed by atoms with van der Waals surface area (Å²) in [6, 6.07) is 0. The zero-order valence-electron chi connectivity index (χ0n) is 19.7. The molecule has 0 aromatic carbocycles. The molecule has 0 saturated heterocycles. The zero-order chi connectivity index (χ0) is 25.5. The highest BCUT2D eigenvalue weighted by Gasteiger charge is 2.87. The van der Waals surface area contributed by atoms with E-state index in [1.807, 2.05) is 6.92 Å². The van der Waals surface area contributed by atoms with Crippen molar-refractivity contribution in [1.29, 1.82) is 0 Å². The van der Waals surface area contributed by atoms with Crippen LogP contribution in [0.5, 0.6) is 0 Å². The average molecular weight is 498 g/mol. The lowest BCUT2D eigenvalue weighted by molar-refractivity contribution is -0.156. The molecular formula is C21H31N5O7S. The van der Waals surface area contributed by atoms with Crippen molar-refractivity contribution in [3.05, 3.63) is 6.33 Å². The van der Waals surface area contributed by atoms with E-state index in [2.05, 4.69) is 25.8 Å². The van der Waals surface area contributed by atoms with Gasteiger partial charge < -0.3 is 25.6 Å². The summed E-state index contributed by atoms with van der Waals surface area (Å²) < 4.78 is 5.12. The summed E-state index contributed by atoms with van der Waals surface area (Å²) in [5, 5.41) is 32.0. The quantitative estimate of drug-likeness (QED) is 0.335. The lowest BCUT2D eigenvalue weighted by Gasteiger charge is -2.42. The number of amides is 2. The number of aromatic amines is 1. The third kappa shape index (κ3) is 4.10. The van der Waals surface area contributed by atoms with Crippen LogP contribution in [-0.2, 0) is 19.1 Å². The maximum atomic E-state index is 12.9. The van der Waals surface area contributed by atoms with Crippen molar-refractivity contribution < 1.29 is 34.1 Å². The molecule has 1 aromatic rings. The predicted molar refractivity (Wildman–Crippen MR) is 120 cm³/mol. The Balaban J connectivity index is 1.94. The maximum absolute atomic E-state index is 12.9. The Labute approximate surface area is 201 Å². The van der Waals surface area contributed by atoms with Gasteiger partial charge >= 0.3 is 18.0 Å². The number of carbonyl (C=O) groups excluding carboxylic acids is 2. The van der Waals surface area contributed by atoms with Gasteiger partial charge in [-0.05, 0) is 39.5 Å². The molecule has 0 bridgehead atoms. The third-order valence-electron chi connectivity index (χ3n) is 6.84. The molecule has 3 rings (SSSR count).